The van der Waals surface area contributed by atoms with Crippen LogP contribution in [-0.4, -0.2) is 36.5 Å². The lowest BCUT2D eigenvalue weighted by atomic mass is 9.93. The molecule has 1 N–H and O–H groups in total. The summed E-state index contributed by atoms with van der Waals surface area (Å²) >= 11 is 4.59. The number of benzene rings is 3. The first kappa shape index (κ1) is 27.4. The van der Waals surface area contributed by atoms with Gasteiger partial charge in [0.2, 0.25) is 0 Å². The molecule has 3 aromatic carbocycles. The van der Waals surface area contributed by atoms with Crippen molar-refractivity contribution in [2.45, 2.75) is 13.0 Å². The first-order valence-corrected chi connectivity index (χ1v) is 14.0. The second-order valence-electron chi connectivity index (χ2n) is 8.75. The van der Waals surface area contributed by atoms with Crippen molar-refractivity contribution in [3.63, 3.8) is 0 Å². The van der Waals surface area contributed by atoms with Crippen LogP contribution < -0.4 is 24.4 Å². The van der Waals surface area contributed by atoms with Crippen LogP contribution in [0.2, 0.25) is 0 Å². The largest absolute Gasteiger partial charge is 0.504 e. The standard InChI is InChI=1S/C30H25BrN2O6S/c1-4-39-29(36)24-25(17-9-6-5-7-10-17)32-30-33(26(24)18-11-8-12-21(14-18)37-2)28(35)23(40-30)15-19-13-20(31)16-22(38-3)27(19)34/h5-16,26,34H,4H2,1-3H3/b23-15-/t26-/m1/s1. The molecule has 0 saturated carbocycles. The van der Waals surface area contributed by atoms with Gasteiger partial charge in [0, 0.05) is 15.6 Å². The smallest absolute Gasteiger partial charge is 0.338 e. The highest BCUT2D eigenvalue weighted by atomic mass is 79.9. The Hall–Kier alpha value is -4.15. The summed E-state index contributed by atoms with van der Waals surface area (Å²) in [4.78, 5) is 32.8. The minimum absolute atomic E-state index is 0.0990. The molecule has 1 atom stereocenters. The Morgan fingerprint density at radius 2 is 1.88 bits per heavy atom. The van der Waals surface area contributed by atoms with Crippen molar-refractivity contribution in [2.24, 2.45) is 4.99 Å². The van der Waals surface area contributed by atoms with E-state index in [2.05, 4.69) is 15.9 Å². The number of esters is 1. The summed E-state index contributed by atoms with van der Waals surface area (Å²) in [6, 6.07) is 19.0. The molecule has 0 aliphatic carbocycles. The lowest BCUT2D eigenvalue weighted by molar-refractivity contribution is -0.138. The number of nitrogens with zero attached hydrogens (tertiary/aromatic N) is 2. The van der Waals surface area contributed by atoms with Crippen LogP contribution in [0.5, 0.6) is 17.2 Å². The maximum absolute atomic E-state index is 14.0. The molecule has 1 aromatic heterocycles. The molecule has 204 valence electrons. The van der Waals surface area contributed by atoms with Crippen molar-refractivity contribution < 1.29 is 24.1 Å². The highest BCUT2D eigenvalue weighted by Gasteiger charge is 2.35. The number of ether oxygens (including phenoxy) is 3. The third-order valence-corrected chi connectivity index (χ3v) is 7.80. The number of phenols is 1. The molecular formula is C30H25BrN2O6S. The van der Waals surface area contributed by atoms with Crippen molar-refractivity contribution in [3.05, 3.63) is 113 Å². The van der Waals surface area contributed by atoms with E-state index in [1.807, 2.05) is 36.4 Å². The van der Waals surface area contributed by atoms with E-state index in [-0.39, 0.29) is 29.2 Å². The zero-order valence-electron chi connectivity index (χ0n) is 21.9. The fourth-order valence-electron chi connectivity index (χ4n) is 4.57. The number of hydrogen-bond acceptors (Lipinski definition) is 8. The van der Waals surface area contributed by atoms with Gasteiger partial charge in [0.05, 0.1) is 42.7 Å². The van der Waals surface area contributed by atoms with E-state index in [0.29, 0.717) is 41.9 Å². The van der Waals surface area contributed by atoms with Crippen LogP contribution in [0.25, 0.3) is 11.8 Å². The monoisotopic (exact) mass is 620 g/mol. The molecule has 1 aliphatic rings. The molecule has 0 fully saturated rings. The van der Waals surface area contributed by atoms with Crippen LogP contribution in [-0.2, 0) is 9.53 Å². The maximum Gasteiger partial charge on any atom is 0.338 e. The highest BCUT2D eigenvalue weighted by molar-refractivity contribution is 9.10. The summed E-state index contributed by atoms with van der Waals surface area (Å²) in [6.07, 6.45) is 1.59. The molecule has 0 unspecified atom stereocenters. The van der Waals surface area contributed by atoms with Gasteiger partial charge in [-0.3, -0.25) is 9.36 Å². The number of carbonyl (C=O) groups excluding carboxylic acids is 1. The van der Waals surface area contributed by atoms with Crippen molar-refractivity contribution >= 4 is 45.0 Å². The van der Waals surface area contributed by atoms with E-state index in [1.165, 1.54) is 11.7 Å². The van der Waals surface area contributed by atoms with Gasteiger partial charge in [0.1, 0.15) is 5.75 Å². The van der Waals surface area contributed by atoms with E-state index >= 15 is 0 Å². The summed E-state index contributed by atoms with van der Waals surface area (Å²) in [5.41, 5.74) is 2.06. The van der Waals surface area contributed by atoms with Crippen LogP contribution >= 0.6 is 27.3 Å². The zero-order chi connectivity index (χ0) is 28.4. The summed E-state index contributed by atoms with van der Waals surface area (Å²) in [7, 11) is 3.01. The van der Waals surface area contributed by atoms with Gasteiger partial charge < -0.3 is 19.3 Å². The Balaban J connectivity index is 1.85. The van der Waals surface area contributed by atoms with Crippen LogP contribution in [0.1, 0.15) is 29.7 Å². The van der Waals surface area contributed by atoms with Gasteiger partial charge in [0.15, 0.2) is 16.3 Å². The molecule has 0 amide bonds. The maximum atomic E-state index is 14.0. The van der Waals surface area contributed by atoms with Crippen molar-refractivity contribution in [1.29, 1.82) is 0 Å². The van der Waals surface area contributed by atoms with Crippen LogP contribution in [0, 0.1) is 0 Å². The molecule has 4 aromatic rings. The lowest BCUT2D eigenvalue weighted by Gasteiger charge is -2.26. The lowest BCUT2D eigenvalue weighted by Crippen LogP contribution is -2.40. The Morgan fingerprint density at radius 3 is 2.58 bits per heavy atom. The number of aromatic nitrogens is 1. The first-order chi connectivity index (χ1) is 19.4. The summed E-state index contributed by atoms with van der Waals surface area (Å²) in [6.45, 7) is 1.89. The minimum atomic E-state index is -0.839. The zero-order valence-corrected chi connectivity index (χ0v) is 24.3. The number of thiazole rings is 1. The van der Waals surface area contributed by atoms with Crippen LogP contribution in [0.3, 0.4) is 0 Å². The number of rotatable bonds is 7. The van der Waals surface area contributed by atoms with Crippen molar-refractivity contribution in [2.75, 3.05) is 20.8 Å². The van der Waals surface area contributed by atoms with Gasteiger partial charge in [-0.1, -0.05) is 69.7 Å². The molecule has 8 nitrogen and oxygen atoms in total. The van der Waals surface area contributed by atoms with Crippen molar-refractivity contribution in [3.8, 4) is 17.2 Å². The van der Waals surface area contributed by atoms with Crippen LogP contribution in [0.15, 0.2) is 86.6 Å². The number of carbonyl (C=O) groups is 1. The number of halogens is 1. The number of aromatic hydroxyl groups is 1. The van der Waals surface area contributed by atoms with E-state index in [4.69, 9.17) is 19.2 Å². The quantitative estimate of drug-likeness (QED) is 0.307. The van der Waals surface area contributed by atoms with Gasteiger partial charge in [0.25, 0.3) is 5.56 Å². The summed E-state index contributed by atoms with van der Waals surface area (Å²) in [5.74, 6) is 0.172. The highest BCUT2D eigenvalue weighted by Crippen LogP contribution is 2.37. The van der Waals surface area contributed by atoms with Gasteiger partial charge in [-0.15, -0.1) is 0 Å². The fraction of sp³-hybridized carbons (Fsp3) is 0.167. The third kappa shape index (κ3) is 5.07. The molecule has 1 aliphatic heterocycles. The molecule has 0 radical (unpaired) electrons. The predicted molar refractivity (Wildman–Crippen MR) is 156 cm³/mol. The van der Waals surface area contributed by atoms with Gasteiger partial charge in [-0.05, 0) is 42.8 Å². The molecule has 0 bridgehead atoms. The van der Waals surface area contributed by atoms with E-state index < -0.39 is 12.0 Å². The molecule has 0 saturated heterocycles. The Labute approximate surface area is 242 Å². The number of hydrogen-bond donors (Lipinski definition) is 1. The molecule has 5 rings (SSSR count). The SMILES string of the molecule is CCOC(=O)C1=C(c2ccccc2)N=c2s/c(=C\c3cc(Br)cc(OC)c3O)c(=O)n2[C@@H]1c1cccc(OC)c1. The Morgan fingerprint density at radius 1 is 1.10 bits per heavy atom. The average Bonchev–Trinajstić information content (AvgIpc) is 3.28. The predicted octanol–water partition coefficient (Wildman–Crippen LogP) is 4.42. The number of methoxy groups -OCH3 is 2. The van der Waals surface area contributed by atoms with Gasteiger partial charge in [-0.2, -0.15) is 0 Å². The fourth-order valence-corrected chi connectivity index (χ4v) is 6.02. The normalized spacial score (nSPS) is 14.9. The molecular weight excluding hydrogens is 596 g/mol. The second-order valence-corrected chi connectivity index (χ2v) is 10.7. The second kappa shape index (κ2) is 11.5. The van der Waals surface area contributed by atoms with E-state index in [1.54, 1.807) is 50.4 Å². The van der Waals surface area contributed by atoms with Gasteiger partial charge >= 0.3 is 5.97 Å². The Bertz CT molecular complexity index is 1810. The molecule has 40 heavy (non-hydrogen) atoms. The average molecular weight is 622 g/mol. The first-order valence-electron chi connectivity index (χ1n) is 12.3. The summed E-state index contributed by atoms with van der Waals surface area (Å²) in [5, 5.41) is 10.7. The topological polar surface area (TPSA) is 99.4 Å². The molecule has 10 heteroatoms. The number of fused-ring (bicyclic) bond motifs is 1. The third-order valence-electron chi connectivity index (χ3n) is 6.36. The summed E-state index contributed by atoms with van der Waals surface area (Å²) < 4.78 is 18.7. The number of phenolic OH excluding ortho intramolecular Hbond substituents is 1. The van der Waals surface area contributed by atoms with E-state index in [9.17, 15) is 14.7 Å². The van der Waals surface area contributed by atoms with Crippen molar-refractivity contribution in [1.82, 2.24) is 4.57 Å². The minimum Gasteiger partial charge on any atom is -0.504 e. The van der Waals surface area contributed by atoms with Crippen LogP contribution in [0.4, 0.5) is 0 Å². The Kier molecular flexibility index (Phi) is 7.90. The van der Waals surface area contributed by atoms with Gasteiger partial charge in [-0.25, -0.2) is 9.79 Å². The molecule has 2 heterocycles. The molecule has 0 spiro atoms. The van der Waals surface area contributed by atoms with E-state index in [0.717, 1.165) is 11.3 Å².